The molecule has 1 spiro atoms. The maximum Gasteiger partial charge on any atom is 0.269 e. The quantitative estimate of drug-likeness (QED) is 0.144. The van der Waals surface area contributed by atoms with Crippen LogP contribution in [-0.2, 0) is 0 Å². The van der Waals surface area contributed by atoms with E-state index >= 15 is 0 Å². The Morgan fingerprint density at radius 1 is 0.854 bits per heavy atom. The second-order valence-corrected chi connectivity index (χ2v) is 10.4. The number of nitro benzene ring substituents is 1. The maximum atomic E-state index is 14.6. The fraction of sp³-hybridized carbons (Fsp3) is 0.125. The topological polar surface area (TPSA) is 110 Å². The second kappa shape index (κ2) is 8.85. The molecule has 0 N–H and O–H groups in total. The molecule has 2 heterocycles. The average Bonchev–Trinajstić information content (AvgIpc) is 3.43. The second-order valence-electron chi connectivity index (χ2n) is 10.4. The molecule has 41 heavy (non-hydrogen) atoms. The summed E-state index contributed by atoms with van der Waals surface area (Å²) in [6.07, 6.45) is 1.60. The van der Waals surface area contributed by atoms with Gasteiger partial charge in [-0.1, -0.05) is 60.7 Å². The number of ketones is 3. The number of nitro groups is 1. The molecule has 4 aromatic carbocycles. The van der Waals surface area contributed by atoms with Crippen LogP contribution in [0.4, 0.5) is 10.1 Å². The summed E-state index contributed by atoms with van der Waals surface area (Å²) in [6.45, 7) is 0. The Balaban J connectivity index is 1.54. The molecule has 9 heteroatoms. The van der Waals surface area contributed by atoms with Crippen LogP contribution in [0, 0.1) is 21.3 Å². The minimum absolute atomic E-state index is 0.171. The number of hydrogen-bond donors (Lipinski definition) is 0. The molecule has 7 rings (SSSR count). The van der Waals surface area contributed by atoms with Gasteiger partial charge in [0.1, 0.15) is 17.3 Å². The number of hydrazone groups is 1. The number of non-ortho nitro benzene ring substituents is 1. The third kappa shape index (κ3) is 3.32. The fourth-order valence-electron chi connectivity index (χ4n) is 6.74. The zero-order valence-electron chi connectivity index (χ0n) is 21.3. The number of nitrogens with zero attached hydrogens (tertiary/aromatic N) is 3. The van der Waals surface area contributed by atoms with Crippen molar-refractivity contribution < 1.29 is 23.7 Å². The van der Waals surface area contributed by atoms with E-state index in [0.29, 0.717) is 16.7 Å². The molecule has 0 saturated carbocycles. The number of benzene rings is 4. The zero-order valence-corrected chi connectivity index (χ0v) is 21.3. The Labute approximate surface area is 232 Å². The first kappa shape index (κ1) is 24.7. The van der Waals surface area contributed by atoms with Crippen LogP contribution < -0.4 is 0 Å². The molecule has 1 fully saturated rings. The third-order valence-corrected chi connectivity index (χ3v) is 8.44. The number of Topliss-reactive ketones (excluding diaryl/α,β-unsaturated/α-hetero) is 3. The lowest BCUT2D eigenvalue weighted by Gasteiger charge is -2.36. The molecular formula is C32H20FN3O5. The van der Waals surface area contributed by atoms with Crippen molar-refractivity contribution in [2.75, 3.05) is 0 Å². The Morgan fingerprint density at radius 3 is 2.10 bits per heavy atom. The average molecular weight is 546 g/mol. The molecule has 0 radical (unpaired) electrons. The van der Waals surface area contributed by atoms with Crippen LogP contribution in [0.5, 0.6) is 0 Å². The van der Waals surface area contributed by atoms with Crippen molar-refractivity contribution >= 4 is 29.3 Å². The lowest BCUT2D eigenvalue weighted by Crippen LogP contribution is -2.43. The van der Waals surface area contributed by atoms with Gasteiger partial charge in [0, 0.05) is 34.7 Å². The lowest BCUT2D eigenvalue weighted by molar-refractivity contribution is -0.384. The highest BCUT2D eigenvalue weighted by molar-refractivity contribution is 6.31. The molecule has 0 amide bonds. The Bertz CT molecular complexity index is 1780. The Kier molecular flexibility index (Phi) is 5.34. The predicted octanol–water partition coefficient (Wildman–Crippen LogP) is 5.54. The molecule has 1 aliphatic carbocycles. The minimum Gasteiger partial charge on any atom is -0.293 e. The van der Waals surface area contributed by atoms with Crippen LogP contribution in [0.2, 0.25) is 0 Å². The molecule has 2 aliphatic heterocycles. The first-order valence-electron chi connectivity index (χ1n) is 13.0. The van der Waals surface area contributed by atoms with E-state index in [1.165, 1.54) is 53.5 Å². The number of halogens is 1. The van der Waals surface area contributed by atoms with E-state index in [4.69, 9.17) is 0 Å². The van der Waals surface area contributed by atoms with Gasteiger partial charge in [-0.2, -0.15) is 5.10 Å². The lowest BCUT2D eigenvalue weighted by atomic mass is 9.63. The smallest absolute Gasteiger partial charge is 0.269 e. The highest BCUT2D eigenvalue weighted by Crippen LogP contribution is 2.64. The van der Waals surface area contributed by atoms with Crippen molar-refractivity contribution in [2.24, 2.45) is 10.5 Å². The fourth-order valence-corrected chi connectivity index (χ4v) is 6.74. The number of fused-ring (bicyclic) bond motifs is 5. The van der Waals surface area contributed by atoms with Gasteiger partial charge in [-0.25, -0.2) is 4.39 Å². The predicted molar refractivity (Wildman–Crippen MR) is 147 cm³/mol. The number of hydrogen-bond acceptors (Lipinski definition) is 7. The van der Waals surface area contributed by atoms with Crippen LogP contribution >= 0.6 is 0 Å². The van der Waals surface area contributed by atoms with E-state index in [0.717, 1.165) is 0 Å². The standard InChI is InChI=1S/C32H20FN3O5/c33-21-13-9-19(10-14-21)28(37)27-26(18-11-15-22(16-12-18)36(40)41)32(30(38)24-7-3-4-8-25(24)31(32)39)29-23-6-2-1-5-20(23)17-34-35(27)29/h1-17,26-27,29H/t26-,27-,29-/m1/s1. The van der Waals surface area contributed by atoms with Gasteiger partial charge >= 0.3 is 0 Å². The SMILES string of the molecule is O=C(c1ccc(F)cc1)[C@H]1[C@@H](c2ccc([N+](=O)[O-])cc2)C2(C(=O)c3ccccc3C2=O)[C@H]2c3ccccc3C=NN12. The van der Waals surface area contributed by atoms with E-state index in [-0.39, 0.29) is 22.4 Å². The minimum atomic E-state index is -1.80. The normalized spacial score (nSPS) is 21.5. The molecular weight excluding hydrogens is 525 g/mol. The van der Waals surface area contributed by atoms with Crippen LogP contribution in [0.15, 0.2) is 102 Å². The van der Waals surface area contributed by atoms with Crippen LogP contribution in [0.3, 0.4) is 0 Å². The van der Waals surface area contributed by atoms with Gasteiger partial charge in [0.15, 0.2) is 17.3 Å². The number of carbonyl (C=O) groups is 3. The van der Waals surface area contributed by atoms with E-state index < -0.39 is 51.5 Å². The summed E-state index contributed by atoms with van der Waals surface area (Å²) in [4.78, 5) is 54.5. The third-order valence-electron chi connectivity index (χ3n) is 8.44. The van der Waals surface area contributed by atoms with E-state index in [1.54, 1.807) is 36.5 Å². The zero-order chi connectivity index (χ0) is 28.5. The highest BCUT2D eigenvalue weighted by atomic mass is 19.1. The molecule has 1 saturated heterocycles. The van der Waals surface area contributed by atoms with Gasteiger partial charge in [0.05, 0.1) is 17.2 Å². The van der Waals surface area contributed by atoms with Crippen molar-refractivity contribution in [3.63, 3.8) is 0 Å². The van der Waals surface area contributed by atoms with Crippen LogP contribution in [-0.4, -0.2) is 39.5 Å². The summed E-state index contributed by atoms with van der Waals surface area (Å²) >= 11 is 0. The largest absolute Gasteiger partial charge is 0.293 e. The molecule has 3 aliphatic rings. The summed E-state index contributed by atoms with van der Waals surface area (Å²) in [5, 5.41) is 17.6. The summed E-state index contributed by atoms with van der Waals surface area (Å²) in [5.41, 5.74) is 0.512. The summed E-state index contributed by atoms with van der Waals surface area (Å²) in [5.74, 6) is -2.91. The van der Waals surface area contributed by atoms with Crippen LogP contribution in [0.25, 0.3) is 0 Å². The van der Waals surface area contributed by atoms with Crippen molar-refractivity contribution in [1.29, 1.82) is 0 Å². The molecule has 3 atom stereocenters. The van der Waals surface area contributed by atoms with Gasteiger partial charge < -0.3 is 0 Å². The van der Waals surface area contributed by atoms with E-state index in [2.05, 4.69) is 5.10 Å². The van der Waals surface area contributed by atoms with Gasteiger partial charge in [0.25, 0.3) is 5.69 Å². The molecule has 0 bridgehead atoms. The summed E-state index contributed by atoms with van der Waals surface area (Å²) in [7, 11) is 0. The Hall–Kier alpha value is -5.31. The monoisotopic (exact) mass is 545 g/mol. The van der Waals surface area contributed by atoms with Gasteiger partial charge in [-0.3, -0.25) is 29.5 Å². The highest BCUT2D eigenvalue weighted by Gasteiger charge is 2.72. The van der Waals surface area contributed by atoms with Crippen molar-refractivity contribution in [3.05, 3.63) is 146 Å². The first-order valence-corrected chi connectivity index (χ1v) is 13.0. The first-order chi connectivity index (χ1) is 19.8. The van der Waals surface area contributed by atoms with Crippen molar-refractivity contribution in [2.45, 2.75) is 18.0 Å². The molecule has 0 aromatic heterocycles. The Morgan fingerprint density at radius 2 is 1.46 bits per heavy atom. The maximum absolute atomic E-state index is 14.6. The molecule has 8 nitrogen and oxygen atoms in total. The summed E-state index contributed by atoms with van der Waals surface area (Å²) in [6, 6.07) is 22.4. The number of carbonyl (C=O) groups excluding carboxylic acids is 3. The van der Waals surface area contributed by atoms with Gasteiger partial charge in [-0.05, 0) is 41.0 Å². The van der Waals surface area contributed by atoms with E-state index in [1.807, 2.05) is 18.2 Å². The summed E-state index contributed by atoms with van der Waals surface area (Å²) < 4.78 is 13.8. The molecule has 200 valence electrons. The van der Waals surface area contributed by atoms with Crippen LogP contribution in [0.1, 0.15) is 59.7 Å². The number of rotatable bonds is 4. The van der Waals surface area contributed by atoms with Gasteiger partial charge in [0.2, 0.25) is 0 Å². The van der Waals surface area contributed by atoms with Crippen molar-refractivity contribution in [1.82, 2.24) is 5.01 Å². The van der Waals surface area contributed by atoms with Crippen molar-refractivity contribution in [3.8, 4) is 0 Å². The molecule has 0 unspecified atom stereocenters. The van der Waals surface area contributed by atoms with E-state index in [9.17, 15) is 28.9 Å². The molecule has 4 aromatic rings. The van der Waals surface area contributed by atoms with Gasteiger partial charge in [-0.15, -0.1) is 0 Å².